The van der Waals surface area contributed by atoms with E-state index in [1.807, 2.05) is 6.07 Å². The molecule has 1 aliphatic heterocycles. The van der Waals surface area contributed by atoms with Crippen molar-refractivity contribution in [3.05, 3.63) is 23.8 Å². The molecule has 0 N–H and O–H groups in total. The Morgan fingerprint density at radius 3 is 3.00 bits per heavy atom. The van der Waals surface area contributed by atoms with E-state index in [9.17, 15) is 0 Å². The summed E-state index contributed by atoms with van der Waals surface area (Å²) in [6, 6.07) is 7.40. The van der Waals surface area contributed by atoms with Gasteiger partial charge in [0, 0.05) is 6.61 Å². The Bertz CT molecular complexity index is 419. The van der Waals surface area contributed by atoms with E-state index in [1.165, 1.54) is 0 Å². The van der Waals surface area contributed by atoms with Crippen molar-refractivity contribution in [3.8, 4) is 17.6 Å². The number of nitriles is 1. The van der Waals surface area contributed by atoms with Crippen LogP contribution in [0.1, 0.15) is 18.4 Å². The molecule has 0 amide bonds. The van der Waals surface area contributed by atoms with Crippen LogP contribution >= 0.6 is 0 Å². The molecule has 4 heteroatoms. The van der Waals surface area contributed by atoms with Gasteiger partial charge in [0.2, 0.25) is 0 Å². The van der Waals surface area contributed by atoms with Gasteiger partial charge < -0.3 is 14.2 Å². The summed E-state index contributed by atoms with van der Waals surface area (Å²) in [5.74, 6) is 1.11. The Labute approximate surface area is 101 Å². The molecule has 1 aromatic rings. The van der Waals surface area contributed by atoms with Crippen LogP contribution in [-0.4, -0.2) is 26.4 Å². The third-order valence-corrected chi connectivity index (χ3v) is 2.72. The van der Waals surface area contributed by atoms with E-state index >= 15 is 0 Å². The van der Waals surface area contributed by atoms with E-state index in [1.54, 1.807) is 19.2 Å². The predicted molar refractivity (Wildman–Crippen MR) is 62.2 cm³/mol. The summed E-state index contributed by atoms with van der Waals surface area (Å²) in [5.41, 5.74) is 0.488. The minimum atomic E-state index is 0.0478. The highest BCUT2D eigenvalue weighted by atomic mass is 16.5. The van der Waals surface area contributed by atoms with Crippen molar-refractivity contribution in [3.63, 3.8) is 0 Å². The van der Waals surface area contributed by atoms with Crippen LogP contribution in [0.15, 0.2) is 18.2 Å². The Balaban J connectivity index is 2.17. The number of para-hydroxylation sites is 1. The number of hydrogen-bond acceptors (Lipinski definition) is 4. The molecule has 0 bridgehead atoms. The lowest BCUT2D eigenvalue weighted by molar-refractivity contribution is 0.00643. The molecule has 1 saturated heterocycles. The van der Waals surface area contributed by atoms with Crippen LogP contribution in [0.25, 0.3) is 0 Å². The number of benzene rings is 1. The first-order valence-corrected chi connectivity index (χ1v) is 5.66. The predicted octanol–water partition coefficient (Wildman–Crippen LogP) is 2.12. The molecule has 0 aliphatic carbocycles. The van der Waals surface area contributed by atoms with Crippen molar-refractivity contribution in [1.29, 1.82) is 5.26 Å². The molecule has 1 atom stereocenters. The highest BCUT2D eigenvalue weighted by Gasteiger charge is 2.18. The van der Waals surface area contributed by atoms with Crippen molar-refractivity contribution in [2.75, 3.05) is 20.3 Å². The Hall–Kier alpha value is -1.73. The molecule has 1 aromatic carbocycles. The van der Waals surface area contributed by atoms with E-state index in [4.69, 9.17) is 19.5 Å². The normalized spacial score (nSPS) is 19.4. The number of rotatable bonds is 3. The second-order valence-corrected chi connectivity index (χ2v) is 3.91. The van der Waals surface area contributed by atoms with Gasteiger partial charge >= 0.3 is 0 Å². The first-order valence-electron chi connectivity index (χ1n) is 5.66. The van der Waals surface area contributed by atoms with Crippen LogP contribution in [0.4, 0.5) is 0 Å². The first-order chi connectivity index (χ1) is 8.35. The molecule has 90 valence electrons. The van der Waals surface area contributed by atoms with Crippen LogP contribution < -0.4 is 9.47 Å². The second kappa shape index (κ2) is 5.55. The van der Waals surface area contributed by atoms with Gasteiger partial charge in [-0.15, -0.1) is 0 Å². The van der Waals surface area contributed by atoms with Crippen LogP contribution in [0, 0.1) is 11.3 Å². The third-order valence-electron chi connectivity index (χ3n) is 2.72. The monoisotopic (exact) mass is 233 g/mol. The minimum Gasteiger partial charge on any atom is -0.492 e. The fourth-order valence-electron chi connectivity index (χ4n) is 1.89. The SMILES string of the molecule is COc1c(C#N)cccc1OC1CCCOC1. The van der Waals surface area contributed by atoms with Gasteiger partial charge in [-0.2, -0.15) is 5.26 Å². The number of ether oxygens (including phenoxy) is 3. The molecule has 1 heterocycles. The summed E-state index contributed by atoms with van der Waals surface area (Å²) < 4.78 is 16.4. The summed E-state index contributed by atoms with van der Waals surface area (Å²) >= 11 is 0. The third kappa shape index (κ3) is 2.69. The van der Waals surface area contributed by atoms with Gasteiger partial charge in [-0.25, -0.2) is 0 Å². The lowest BCUT2D eigenvalue weighted by Gasteiger charge is -2.24. The summed E-state index contributed by atoms with van der Waals surface area (Å²) in [4.78, 5) is 0. The fourth-order valence-corrected chi connectivity index (χ4v) is 1.89. The standard InChI is InChI=1S/C13H15NO3/c1-15-13-10(8-14)4-2-6-12(13)17-11-5-3-7-16-9-11/h2,4,6,11H,3,5,7,9H2,1H3. The van der Waals surface area contributed by atoms with Crippen molar-refractivity contribution in [2.24, 2.45) is 0 Å². The first kappa shape index (κ1) is 11.7. The molecule has 17 heavy (non-hydrogen) atoms. The zero-order valence-electron chi connectivity index (χ0n) is 9.81. The van der Waals surface area contributed by atoms with Crippen LogP contribution in [0.3, 0.4) is 0 Å². The van der Waals surface area contributed by atoms with Crippen LogP contribution in [0.5, 0.6) is 11.5 Å². The zero-order valence-corrected chi connectivity index (χ0v) is 9.81. The van der Waals surface area contributed by atoms with E-state index in [2.05, 4.69) is 6.07 Å². The minimum absolute atomic E-state index is 0.0478. The van der Waals surface area contributed by atoms with Crippen molar-refractivity contribution in [1.82, 2.24) is 0 Å². The molecule has 1 unspecified atom stereocenters. The van der Waals surface area contributed by atoms with Crippen LogP contribution in [-0.2, 0) is 4.74 Å². The number of hydrogen-bond donors (Lipinski definition) is 0. The van der Waals surface area contributed by atoms with Gasteiger partial charge in [0.15, 0.2) is 11.5 Å². The summed E-state index contributed by atoms with van der Waals surface area (Å²) in [6.45, 7) is 1.40. The van der Waals surface area contributed by atoms with Gasteiger partial charge in [-0.1, -0.05) is 6.07 Å². The Morgan fingerprint density at radius 1 is 1.47 bits per heavy atom. The summed E-state index contributed by atoms with van der Waals surface area (Å²) in [6.07, 6.45) is 2.02. The lowest BCUT2D eigenvalue weighted by Crippen LogP contribution is -2.28. The Morgan fingerprint density at radius 2 is 2.35 bits per heavy atom. The zero-order chi connectivity index (χ0) is 12.1. The smallest absolute Gasteiger partial charge is 0.178 e. The molecule has 0 spiro atoms. The largest absolute Gasteiger partial charge is 0.492 e. The van der Waals surface area contributed by atoms with Crippen LogP contribution in [0.2, 0.25) is 0 Å². The molecule has 1 aliphatic rings. The molecule has 0 saturated carbocycles. The molecular formula is C13H15NO3. The number of methoxy groups -OCH3 is 1. The Kier molecular flexibility index (Phi) is 3.84. The molecule has 0 radical (unpaired) electrons. The summed E-state index contributed by atoms with van der Waals surface area (Å²) in [7, 11) is 1.54. The maximum atomic E-state index is 8.97. The maximum absolute atomic E-state index is 8.97. The van der Waals surface area contributed by atoms with Gasteiger partial charge in [0.1, 0.15) is 12.2 Å². The highest BCUT2D eigenvalue weighted by Crippen LogP contribution is 2.32. The lowest BCUT2D eigenvalue weighted by atomic mass is 10.1. The maximum Gasteiger partial charge on any atom is 0.178 e. The van der Waals surface area contributed by atoms with Crippen molar-refractivity contribution < 1.29 is 14.2 Å². The summed E-state index contributed by atoms with van der Waals surface area (Å²) in [5, 5.41) is 8.97. The molecule has 2 rings (SSSR count). The quantitative estimate of drug-likeness (QED) is 0.802. The molecule has 4 nitrogen and oxygen atoms in total. The fraction of sp³-hybridized carbons (Fsp3) is 0.462. The molecule has 0 aromatic heterocycles. The van der Waals surface area contributed by atoms with Crippen molar-refractivity contribution >= 4 is 0 Å². The molecule has 1 fully saturated rings. The van der Waals surface area contributed by atoms with E-state index < -0.39 is 0 Å². The average molecular weight is 233 g/mol. The highest BCUT2D eigenvalue weighted by molar-refractivity contribution is 5.52. The second-order valence-electron chi connectivity index (χ2n) is 3.91. The van der Waals surface area contributed by atoms with Gasteiger partial charge in [-0.05, 0) is 25.0 Å². The van der Waals surface area contributed by atoms with Gasteiger partial charge in [-0.3, -0.25) is 0 Å². The van der Waals surface area contributed by atoms with E-state index in [-0.39, 0.29) is 6.10 Å². The number of nitrogens with zero attached hydrogens (tertiary/aromatic N) is 1. The van der Waals surface area contributed by atoms with Gasteiger partial charge in [0.05, 0.1) is 19.3 Å². The average Bonchev–Trinajstić information content (AvgIpc) is 2.39. The van der Waals surface area contributed by atoms with E-state index in [0.29, 0.717) is 23.7 Å². The topological polar surface area (TPSA) is 51.5 Å². The van der Waals surface area contributed by atoms with E-state index in [0.717, 1.165) is 19.4 Å². The van der Waals surface area contributed by atoms with Gasteiger partial charge in [0.25, 0.3) is 0 Å². The molecular weight excluding hydrogens is 218 g/mol. The van der Waals surface area contributed by atoms with Crippen molar-refractivity contribution in [2.45, 2.75) is 18.9 Å².